The molecule has 18 heavy (non-hydrogen) atoms. The molecule has 0 amide bonds. The summed E-state index contributed by atoms with van der Waals surface area (Å²) < 4.78 is 27.0. The Hall–Kier alpha value is -1.75. The molecule has 96 valence electrons. The molecule has 0 saturated heterocycles. The van der Waals surface area contributed by atoms with E-state index in [9.17, 15) is 8.78 Å². The van der Waals surface area contributed by atoms with Gasteiger partial charge in [0.1, 0.15) is 5.69 Å². The third kappa shape index (κ3) is 2.56. The van der Waals surface area contributed by atoms with Crippen molar-refractivity contribution in [2.24, 2.45) is 0 Å². The van der Waals surface area contributed by atoms with Gasteiger partial charge in [0, 0.05) is 5.56 Å². The van der Waals surface area contributed by atoms with E-state index in [0.29, 0.717) is 0 Å². The lowest BCUT2D eigenvalue weighted by atomic mass is 10.1. The highest BCUT2D eigenvalue weighted by Crippen LogP contribution is 2.23. The quantitative estimate of drug-likeness (QED) is 0.908. The Labute approximate surface area is 104 Å². The number of hydrogen-bond acceptors (Lipinski definition) is 2. The molecule has 0 radical (unpaired) electrons. The van der Waals surface area contributed by atoms with E-state index in [2.05, 4.69) is 5.10 Å². The number of alkyl halides is 2. The van der Waals surface area contributed by atoms with E-state index in [0.717, 1.165) is 11.1 Å². The lowest BCUT2D eigenvalue weighted by Gasteiger charge is -2.08. The zero-order valence-electron chi connectivity index (χ0n) is 9.98. The molecule has 0 fully saturated rings. The first-order valence-electron chi connectivity index (χ1n) is 5.61. The minimum atomic E-state index is -2.64. The molecule has 1 heterocycles. The van der Waals surface area contributed by atoms with Crippen molar-refractivity contribution in [1.82, 2.24) is 9.78 Å². The standard InChI is InChI=1S/C13H14F2N2O/c1-9-2-4-10(5-3-9)7-17-12(13(14)15)11(8-18)6-16-17/h2-6,13,18H,7-8H2,1H3. The molecule has 0 aliphatic rings. The van der Waals surface area contributed by atoms with Crippen LogP contribution in [0.5, 0.6) is 0 Å². The second-order valence-electron chi connectivity index (χ2n) is 4.16. The normalized spacial score (nSPS) is 11.2. The molecule has 2 rings (SSSR count). The molecule has 3 nitrogen and oxygen atoms in total. The van der Waals surface area contributed by atoms with E-state index in [1.165, 1.54) is 10.9 Å². The predicted molar refractivity (Wildman–Crippen MR) is 63.4 cm³/mol. The Bertz CT molecular complexity index is 520. The van der Waals surface area contributed by atoms with Gasteiger partial charge in [-0.3, -0.25) is 4.68 Å². The van der Waals surface area contributed by atoms with Crippen LogP contribution in [0.4, 0.5) is 8.78 Å². The molecule has 1 aromatic heterocycles. The van der Waals surface area contributed by atoms with Crippen molar-refractivity contribution in [3.05, 3.63) is 52.8 Å². The largest absolute Gasteiger partial charge is 0.392 e. The van der Waals surface area contributed by atoms with Crippen molar-refractivity contribution >= 4 is 0 Å². The Morgan fingerprint density at radius 2 is 1.94 bits per heavy atom. The van der Waals surface area contributed by atoms with Crippen LogP contribution in [0, 0.1) is 6.92 Å². The third-order valence-corrected chi connectivity index (χ3v) is 2.79. The molecule has 0 atom stereocenters. The highest BCUT2D eigenvalue weighted by molar-refractivity contribution is 5.24. The molecule has 1 N–H and O–H groups in total. The van der Waals surface area contributed by atoms with Gasteiger partial charge in [-0.1, -0.05) is 29.8 Å². The summed E-state index contributed by atoms with van der Waals surface area (Å²) in [7, 11) is 0. The van der Waals surface area contributed by atoms with Gasteiger partial charge in [0.2, 0.25) is 0 Å². The third-order valence-electron chi connectivity index (χ3n) is 2.79. The number of aliphatic hydroxyl groups excluding tert-OH is 1. The highest BCUT2D eigenvalue weighted by atomic mass is 19.3. The fourth-order valence-corrected chi connectivity index (χ4v) is 1.80. The first kappa shape index (κ1) is 12.7. The van der Waals surface area contributed by atoms with Gasteiger partial charge in [-0.25, -0.2) is 8.78 Å². The van der Waals surface area contributed by atoms with E-state index < -0.39 is 13.0 Å². The summed E-state index contributed by atoms with van der Waals surface area (Å²) in [5, 5.41) is 12.9. The summed E-state index contributed by atoms with van der Waals surface area (Å²) in [4.78, 5) is 0. The second kappa shape index (κ2) is 5.27. The summed E-state index contributed by atoms with van der Waals surface area (Å²) in [6, 6.07) is 7.61. The average Bonchev–Trinajstić information content (AvgIpc) is 2.75. The number of hydrogen-bond donors (Lipinski definition) is 1. The number of halogens is 2. The number of benzene rings is 1. The van der Waals surface area contributed by atoms with E-state index in [1.54, 1.807) is 0 Å². The second-order valence-corrected chi connectivity index (χ2v) is 4.16. The van der Waals surface area contributed by atoms with Crippen molar-refractivity contribution in [3.8, 4) is 0 Å². The van der Waals surface area contributed by atoms with Crippen molar-refractivity contribution in [2.75, 3.05) is 0 Å². The summed E-state index contributed by atoms with van der Waals surface area (Å²) >= 11 is 0. The maximum absolute atomic E-state index is 12.9. The van der Waals surface area contributed by atoms with Gasteiger partial charge in [-0.05, 0) is 12.5 Å². The minimum absolute atomic E-state index is 0.178. The molecule has 5 heteroatoms. The fraction of sp³-hybridized carbons (Fsp3) is 0.308. The van der Waals surface area contributed by atoms with Crippen LogP contribution in [-0.4, -0.2) is 14.9 Å². The van der Waals surface area contributed by atoms with Gasteiger partial charge >= 0.3 is 0 Å². The summed E-state index contributed by atoms with van der Waals surface area (Å²) in [5.74, 6) is 0. The molecular formula is C13H14F2N2O. The molecular weight excluding hydrogens is 238 g/mol. The van der Waals surface area contributed by atoms with E-state index >= 15 is 0 Å². The Morgan fingerprint density at radius 1 is 1.28 bits per heavy atom. The van der Waals surface area contributed by atoms with Crippen molar-refractivity contribution in [3.63, 3.8) is 0 Å². The van der Waals surface area contributed by atoms with Gasteiger partial charge in [0.25, 0.3) is 6.43 Å². The van der Waals surface area contributed by atoms with Crippen molar-refractivity contribution in [1.29, 1.82) is 0 Å². The monoisotopic (exact) mass is 252 g/mol. The molecule has 0 bridgehead atoms. The number of aryl methyl sites for hydroxylation is 1. The Kier molecular flexibility index (Phi) is 3.72. The SMILES string of the molecule is Cc1ccc(Cn2ncc(CO)c2C(F)F)cc1. The van der Waals surface area contributed by atoms with Crippen molar-refractivity contribution < 1.29 is 13.9 Å². The molecule has 1 aromatic carbocycles. The van der Waals surface area contributed by atoms with Gasteiger partial charge in [0.05, 0.1) is 19.3 Å². The van der Waals surface area contributed by atoms with Crippen LogP contribution in [0.25, 0.3) is 0 Å². The van der Waals surface area contributed by atoms with Crippen LogP contribution in [0.15, 0.2) is 30.5 Å². The number of aromatic nitrogens is 2. The van der Waals surface area contributed by atoms with E-state index in [1.807, 2.05) is 31.2 Å². The predicted octanol–water partition coefficient (Wildman–Crippen LogP) is 2.67. The summed E-state index contributed by atoms with van der Waals surface area (Å²) in [6.45, 7) is 1.82. The molecule has 0 unspecified atom stereocenters. The van der Waals surface area contributed by atoms with Crippen LogP contribution in [0.2, 0.25) is 0 Å². The smallest absolute Gasteiger partial charge is 0.280 e. The van der Waals surface area contributed by atoms with Gasteiger partial charge in [-0.15, -0.1) is 0 Å². The summed E-state index contributed by atoms with van der Waals surface area (Å²) in [5.41, 5.74) is 1.98. The molecule has 0 aliphatic carbocycles. The lowest BCUT2D eigenvalue weighted by molar-refractivity contribution is 0.135. The Morgan fingerprint density at radius 3 is 2.50 bits per heavy atom. The van der Waals surface area contributed by atoms with E-state index in [-0.39, 0.29) is 17.8 Å². The maximum atomic E-state index is 12.9. The topological polar surface area (TPSA) is 38.0 Å². The summed E-state index contributed by atoms with van der Waals surface area (Å²) in [6.07, 6.45) is -1.35. The van der Waals surface area contributed by atoms with Gasteiger partial charge < -0.3 is 5.11 Å². The number of nitrogens with zero attached hydrogens (tertiary/aromatic N) is 2. The van der Waals surface area contributed by atoms with Crippen LogP contribution in [0.3, 0.4) is 0 Å². The first-order valence-corrected chi connectivity index (χ1v) is 5.61. The maximum Gasteiger partial charge on any atom is 0.280 e. The van der Waals surface area contributed by atoms with Crippen LogP contribution >= 0.6 is 0 Å². The van der Waals surface area contributed by atoms with E-state index in [4.69, 9.17) is 5.11 Å². The van der Waals surface area contributed by atoms with Gasteiger partial charge in [-0.2, -0.15) is 5.10 Å². The lowest BCUT2D eigenvalue weighted by Crippen LogP contribution is -2.08. The van der Waals surface area contributed by atoms with Crippen LogP contribution in [0.1, 0.15) is 28.8 Å². The zero-order valence-corrected chi connectivity index (χ0v) is 9.98. The first-order chi connectivity index (χ1) is 8.61. The zero-order chi connectivity index (χ0) is 13.1. The van der Waals surface area contributed by atoms with Crippen molar-refractivity contribution in [2.45, 2.75) is 26.5 Å². The van der Waals surface area contributed by atoms with Gasteiger partial charge in [0.15, 0.2) is 0 Å². The Balaban J connectivity index is 2.28. The minimum Gasteiger partial charge on any atom is -0.392 e. The molecule has 2 aromatic rings. The molecule has 0 spiro atoms. The highest BCUT2D eigenvalue weighted by Gasteiger charge is 2.19. The average molecular weight is 252 g/mol. The fourth-order valence-electron chi connectivity index (χ4n) is 1.80. The molecule has 0 saturated carbocycles. The number of rotatable bonds is 4. The molecule has 0 aliphatic heterocycles. The van der Waals surface area contributed by atoms with Crippen LogP contribution < -0.4 is 0 Å². The van der Waals surface area contributed by atoms with Crippen LogP contribution in [-0.2, 0) is 13.2 Å². The number of aliphatic hydroxyl groups is 1.